The highest BCUT2D eigenvalue weighted by atomic mass is 16.5. The molecule has 0 unspecified atom stereocenters. The second-order valence-corrected chi connectivity index (χ2v) is 7.12. The van der Waals surface area contributed by atoms with Crippen molar-refractivity contribution in [1.29, 1.82) is 0 Å². The zero-order chi connectivity index (χ0) is 20.2. The number of nitrogens with zero attached hydrogens (tertiary/aromatic N) is 1. The molecule has 2 aromatic heterocycles. The van der Waals surface area contributed by atoms with Crippen LogP contribution in [0.2, 0.25) is 0 Å². The molecule has 1 aromatic carbocycles. The lowest BCUT2D eigenvalue weighted by atomic mass is 10.2. The first-order chi connectivity index (χ1) is 14.2. The summed E-state index contributed by atoms with van der Waals surface area (Å²) in [6.45, 7) is 3.85. The summed E-state index contributed by atoms with van der Waals surface area (Å²) in [6, 6.07) is 13.5. The van der Waals surface area contributed by atoms with Crippen LogP contribution in [0.15, 0.2) is 48.7 Å². The van der Waals surface area contributed by atoms with Crippen LogP contribution in [0.5, 0.6) is 0 Å². The molecule has 0 saturated carbocycles. The summed E-state index contributed by atoms with van der Waals surface area (Å²) in [5, 5.41) is 3.72. The number of esters is 1. The van der Waals surface area contributed by atoms with E-state index in [1.54, 1.807) is 0 Å². The predicted molar refractivity (Wildman–Crippen MR) is 109 cm³/mol. The molecule has 4 N–H and O–H groups in total. The summed E-state index contributed by atoms with van der Waals surface area (Å²) >= 11 is 0. The van der Waals surface area contributed by atoms with Crippen LogP contribution < -0.4 is 20.1 Å². The van der Waals surface area contributed by atoms with Crippen molar-refractivity contribution >= 4 is 34.3 Å². The second-order valence-electron chi connectivity index (χ2n) is 7.12. The van der Waals surface area contributed by atoms with Gasteiger partial charge in [0.1, 0.15) is 31.9 Å². The van der Waals surface area contributed by atoms with Crippen LogP contribution in [0.25, 0.3) is 10.9 Å². The van der Waals surface area contributed by atoms with E-state index in [0.717, 1.165) is 42.9 Å². The van der Waals surface area contributed by atoms with Crippen LogP contribution in [-0.2, 0) is 9.53 Å². The predicted octanol–water partition coefficient (Wildman–Crippen LogP) is 0.112. The molecular formula is C21H25N5O3+2. The molecule has 1 aliphatic rings. The zero-order valence-electron chi connectivity index (χ0n) is 16.3. The molecule has 8 heteroatoms. The third kappa shape index (κ3) is 4.07. The van der Waals surface area contributed by atoms with Crippen molar-refractivity contribution in [3.63, 3.8) is 0 Å². The van der Waals surface area contributed by atoms with Crippen LogP contribution in [0.1, 0.15) is 10.5 Å². The number of fused-ring (bicyclic) bond motifs is 1. The van der Waals surface area contributed by atoms with Gasteiger partial charge in [-0.05, 0) is 12.1 Å². The lowest BCUT2D eigenvalue weighted by molar-refractivity contribution is -0.892. The van der Waals surface area contributed by atoms with Crippen LogP contribution >= 0.6 is 0 Å². The molecule has 1 saturated heterocycles. The first-order valence-electron chi connectivity index (χ1n) is 9.70. The fourth-order valence-electron chi connectivity index (χ4n) is 3.76. The number of hydrogen-bond donors (Lipinski definition) is 3. The molecule has 1 aliphatic heterocycles. The van der Waals surface area contributed by atoms with Crippen molar-refractivity contribution in [2.45, 2.75) is 0 Å². The summed E-state index contributed by atoms with van der Waals surface area (Å²) < 4.78 is 4.86. The standard InChI is InChI=1S/C21H23N5O3/c1-29-21(28)20-19(15-6-2-3-7-16(15)23-20)24-18(27)14-25-10-12-26(13-11-25)17-8-4-5-9-22-17/h2-9,23H,10-14H2,1H3,(H,24,27)/p+2. The van der Waals surface area contributed by atoms with Gasteiger partial charge in [-0.25, -0.2) is 9.78 Å². The Morgan fingerprint density at radius 1 is 1.17 bits per heavy atom. The highest BCUT2D eigenvalue weighted by Gasteiger charge is 2.28. The number of pyridine rings is 1. The highest BCUT2D eigenvalue weighted by molar-refractivity contribution is 6.11. The number of carbonyl (C=O) groups is 2. The smallest absolute Gasteiger partial charge is 0.356 e. The fraction of sp³-hybridized carbons (Fsp3) is 0.286. The summed E-state index contributed by atoms with van der Waals surface area (Å²) in [4.78, 5) is 34.6. The third-order valence-corrected chi connectivity index (χ3v) is 5.27. The van der Waals surface area contributed by atoms with Crippen LogP contribution in [0.3, 0.4) is 0 Å². The van der Waals surface area contributed by atoms with Crippen molar-refractivity contribution < 1.29 is 24.2 Å². The van der Waals surface area contributed by atoms with Crippen LogP contribution in [0, 0.1) is 0 Å². The molecule has 0 aliphatic carbocycles. The SMILES string of the molecule is COC(=O)c1[nH]c2ccccc2c1NC(=O)C[NH+]1CCN(c2cccc[nH+]2)CC1. The zero-order valence-corrected chi connectivity index (χ0v) is 16.3. The summed E-state index contributed by atoms with van der Waals surface area (Å²) in [5.41, 5.74) is 1.53. The van der Waals surface area contributed by atoms with Gasteiger partial charge in [0.2, 0.25) is 0 Å². The number of amides is 1. The number of methoxy groups -OCH3 is 1. The Morgan fingerprint density at radius 3 is 2.66 bits per heavy atom. The van der Waals surface area contributed by atoms with E-state index in [9.17, 15) is 9.59 Å². The Labute approximate surface area is 168 Å². The number of para-hydroxylation sites is 1. The monoisotopic (exact) mass is 395 g/mol. The van der Waals surface area contributed by atoms with Gasteiger partial charge in [-0.1, -0.05) is 24.3 Å². The number of ether oxygens (including phenoxy) is 1. The Bertz CT molecular complexity index is 1010. The van der Waals surface area contributed by atoms with E-state index in [1.165, 1.54) is 12.0 Å². The van der Waals surface area contributed by atoms with Gasteiger partial charge >= 0.3 is 5.97 Å². The number of anilines is 2. The topological polar surface area (TPSA) is 93.0 Å². The second kappa shape index (κ2) is 8.32. The summed E-state index contributed by atoms with van der Waals surface area (Å²) in [5.74, 6) is 0.476. The largest absolute Gasteiger partial charge is 0.464 e. The van der Waals surface area contributed by atoms with Gasteiger partial charge in [0.05, 0.1) is 19.0 Å². The van der Waals surface area contributed by atoms with Crippen molar-refractivity contribution in [2.75, 3.05) is 50.1 Å². The lowest BCUT2D eigenvalue weighted by Crippen LogP contribution is -3.15. The normalized spacial score (nSPS) is 14.7. The van der Waals surface area contributed by atoms with E-state index in [-0.39, 0.29) is 11.6 Å². The molecule has 3 aromatic rings. The van der Waals surface area contributed by atoms with Gasteiger partial charge in [0.25, 0.3) is 11.7 Å². The summed E-state index contributed by atoms with van der Waals surface area (Å²) in [6.07, 6.45) is 1.92. The first-order valence-corrected chi connectivity index (χ1v) is 9.70. The van der Waals surface area contributed by atoms with Gasteiger partial charge < -0.3 is 19.9 Å². The number of aromatic amines is 2. The molecule has 0 bridgehead atoms. The third-order valence-electron chi connectivity index (χ3n) is 5.27. The lowest BCUT2D eigenvalue weighted by Gasteiger charge is -2.27. The maximum Gasteiger partial charge on any atom is 0.356 e. The van der Waals surface area contributed by atoms with Crippen molar-refractivity contribution in [3.05, 3.63) is 54.4 Å². The van der Waals surface area contributed by atoms with E-state index in [4.69, 9.17) is 4.74 Å². The Balaban J connectivity index is 1.41. The number of rotatable bonds is 5. The minimum Gasteiger partial charge on any atom is -0.464 e. The van der Waals surface area contributed by atoms with Crippen molar-refractivity contribution in [3.8, 4) is 0 Å². The molecular weight excluding hydrogens is 370 g/mol. The molecule has 1 fully saturated rings. The molecule has 0 atom stereocenters. The molecule has 0 radical (unpaired) electrons. The van der Waals surface area contributed by atoms with Gasteiger partial charge in [-0.15, -0.1) is 0 Å². The van der Waals surface area contributed by atoms with E-state index in [1.807, 2.05) is 42.6 Å². The average Bonchev–Trinajstić information content (AvgIpc) is 3.12. The molecule has 1 amide bonds. The maximum absolute atomic E-state index is 12.7. The van der Waals surface area contributed by atoms with Crippen molar-refractivity contribution in [2.24, 2.45) is 0 Å². The minimum absolute atomic E-state index is 0.116. The van der Waals surface area contributed by atoms with E-state index in [2.05, 4.69) is 26.3 Å². The Kier molecular flexibility index (Phi) is 5.44. The maximum atomic E-state index is 12.7. The quantitative estimate of drug-likeness (QED) is 0.535. The van der Waals surface area contributed by atoms with E-state index in [0.29, 0.717) is 12.2 Å². The summed E-state index contributed by atoms with van der Waals surface area (Å²) in [7, 11) is 1.33. The number of hydrogen-bond acceptors (Lipinski definition) is 4. The minimum atomic E-state index is -0.503. The first kappa shape index (κ1) is 18.9. The number of aromatic nitrogens is 2. The Morgan fingerprint density at radius 2 is 1.93 bits per heavy atom. The number of H-pyrrole nitrogens is 2. The molecule has 29 heavy (non-hydrogen) atoms. The number of piperazine rings is 1. The van der Waals surface area contributed by atoms with Crippen LogP contribution in [-0.4, -0.2) is 56.7 Å². The average molecular weight is 395 g/mol. The van der Waals surface area contributed by atoms with Gasteiger partial charge in [-0.3, -0.25) is 9.69 Å². The number of benzene rings is 1. The number of quaternary nitrogens is 1. The molecule has 150 valence electrons. The van der Waals surface area contributed by atoms with E-state index < -0.39 is 5.97 Å². The van der Waals surface area contributed by atoms with Gasteiger partial charge in [-0.2, -0.15) is 0 Å². The van der Waals surface area contributed by atoms with Crippen molar-refractivity contribution in [1.82, 2.24) is 4.98 Å². The fourth-order valence-corrected chi connectivity index (χ4v) is 3.76. The molecule has 4 rings (SSSR count). The van der Waals surface area contributed by atoms with Gasteiger partial charge in [0, 0.05) is 17.0 Å². The molecule has 8 nitrogen and oxygen atoms in total. The Hall–Kier alpha value is -3.39. The van der Waals surface area contributed by atoms with Gasteiger partial charge in [0.15, 0.2) is 6.54 Å². The molecule has 0 spiro atoms. The number of nitrogens with one attached hydrogen (secondary N) is 4. The number of carbonyl (C=O) groups excluding carboxylic acids is 2. The highest BCUT2D eigenvalue weighted by Crippen LogP contribution is 2.28. The molecule has 3 heterocycles. The van der Waals surface area contributed by atoms with Crippen LogP contribution in [0.4, 0.5) is 11.5 Å². The van der Waals surface area contributed by atoms with E-state index >= 15 is 0 Å².